The second kappa shape index (κ2) is 11.4. The van der Waals surface area contributed by atoms with Gasteiger partial charge < -0.3 is 14.3 Å². The summed E-state index contributed by atoms with van der Waals surface area (Å²) in [7, 11) is 0. The van der Waals surface area contributed by atoms with Gasteiger partial charge in [0, 0.05) is 67.1 Å². The molecule has 52 heavy (non-hydrogen) atoms. The largest absolute Gasteiger partial charge is 0.375 e. The highest BCUT2D eigenvalue weighted by molar-refractivity contribution is 6.88. The third-order valence-corrected chi connectivity index (χ3v) is 10.9. The van der Waals surface area contributed by atoms with E-state index in [1.165, 1.54) is 55.0 Å². The summed E-state index contributed by atoms with van der Waals surface area (Å²) >= 11 is 0. The number of benzene rings is 8. The van der Waals surface area contributed by atoms with Crippen molar-refractivity contribution in [3.63, 3.8) is 0 Å². The Hall–Kier alpha value is -6.78. The normalized spacial score (nSPS) is 12.2. The van der Waals surface area contributed by atoms with Crippen molar-refractivity contribution in [3.05, 3.63) is 194 Å². The van der Waals surface area contributed by atoms with E-state index in [0.717, 1.165) is 34.1 Å². The van der Waals surface area contributed by atoms with Gasteiger partial charge in [0.15, 0.2) is 0 Å². The van der Waals surface area contributed by atoms with E-state index in [1.807, 2.05) is 0 Å². The molecular formula is C48H32BN3. The summed E-state index contributed by atoms with van der Waals surface area (Å²) in [6.45, 7) is 0.0859. The first-order chi connectivity index (χ1) is 25.8. The van der Waals surface area contributed by atoms with E-state index in [2.05, 4.69) is 208 Å². The fraction of sp³-hybridized carbons (Fsp3) is 0. The van der Waals surface area contributed by atoms with Gasteiger partial charge in [-0.15, -0.1) is 0 Å². The van der Waals surface area contributed by atoms with Crippen molar-refractivity contribution >= 4 is 73.7 Å². The topological polar surface area (TPSA) is 11.4 Å². The number of hydrogen-bond acceptors (Lipinski definition) is 2. The van der Waals surface area contributed by atoms with Gasteiger partial charge in [0.1, 0.15) is 0 Å². The van der Waals surface area contributed by atoms with Crippen molar-refractivity contribution in [2.24, 2.45) is 0 Å². The summed E-state index contributed by atoms with van der Waals surface area (Å²) in [6.07, 6.45) is 0. The van der Waals surface area contributed by atoms with Crippen molar-refractivity contribution < 1.29 is 0 Å². The van der Waals surface area contributed by atoms with Gasteiger partial charge in [-0.05, 0) is 94.8 Å². The summed E-state index contributed by atoms with van der Waals surface area (Å²) in [5.41, 5.74) is 17.2. The monoisotopic (exact) mass is 661 g/mol. The lowest BCUT2D eigenvalue weighted by Crippen LogP contribution is -2.53. The van der Waals surface area contributed by atoms with Crippen LogP contribution in [-0.2, 0) is 0 Å². The van der Waals surface area contributed by atoms with Gasteiger partial charge in [-0.3, -0.25) is 0 Å². The molecule has 0 N–H and O–H groups in total. The molecule has 0 saturated heterocycles. The zero-order valence-corrected chi connectivity index (χ0v) is 28.4. The predicted octanol–water partition coefficient (Wildman–Crippen LogP) is 11.3. The molecule has 0 radical (unpaired) electrons. The fourth-order valence-electron chi connectivity index (χ4n) is 8.82. The van der Waals surface area contributed by atoms with Crippen LogP contribution in [-0.4, -0.2) is 11.3 Å². The lowest BCUT2D eigenvalue weighted by molar-refractivity contribution is 1.27. The summed E-state index contributed by atoms with van der Waals surface area (Å²) in [4.78, 5) is 4.79. The van der Waals surface area contributed by atoms with Gasteiger partial charge in [0.2, 0.25) is 0 Å². The van der Waals surface area contributed by atoms with Gasteiger partial charge in [0.25, 0.3) is 0 Å². The van der Waals surface area contributed by atoms with E-state index in [1.54, 1.807) is 0 Å². The molecule has 11 rings (SSSR count). The summed E-state index contributed by atoms with van der Waals surface area (Å²) in [6, 6.07) is 70.8. The molecule has 8 aromatic carbocycles. The summed E-state index contributed by atoms with van der Waals surface area (Å²) in [5, 5.41) is 2.52. The van der Waals surface area contributed by atoms with Crippen molar-refractivity contribution in [1.82, 2.24) is 4.48 Å². The third-order valence-electron chi connectivity index (χ3n) is 10.9. The first-order valence-corrected chi connectivity index (χ1v) is 18.0. The highest BCUT2D eigenvalue weighted by atomic mass is 15.1. The Morgan fingerprint density at radius 3 is 1.00 bits per heavy atom. The van der Waals surface area contributed by atoms with Crippen LogP contribution >= 0.6 is 0 Å². The van der Waals surface area contributed by atoms with Crippen LogP contribution in [0.4, 0.5) is 34.1 Å². The van der Waals surface area contributed by atoms with E-state index in [4.69, 9.17) is 0 Å². The Morgan fingerprint density at radius 2 is 0.635 bits per heavy atom. The summed E-state index contributed by atoms with van der Waals surface area (Å²) in [5.74, 6) is 0. The van der Waals surface area contributed by atoms with Gasteiger partial charge in [-0.25, -0.2) is 0 Å². The van der Waals surface area contributed by atoms with Gasteiger partial charge in [-0.2, -0.15) is 0 Å². The molecule has 4 heteroatoms. The van der Waals surface area contributed by atoms with Crippen LogP contribution in [0.3, 0.4) is 0 Å². The molecule has 0 fully saturated rings. The minimum absolute atomic E-state index is 0.0859. The van der Waals surface area contributed by atoms with E-state index in [-0.39, 0.29) is 6.85 Å². The van der Waals surface area contributed by atoms with E-state index in [0.29, 0.717) is 0 Å². The molecule has 0 spiro atoms. The number of anilines is 6. The number of fused-ring (bicyclic) bond motifs is 7. The van der Waals surface area contributed by atoms with Crippen LogP contribution in [0.1, 0.15) is 0 Å². The SMILES string of the molecule is c1ccc(N(c2ccccc2)c2cc3c4c(c2)c2cc(N(c5ccccc5)c5ccccc5)cc5c2n4B(c2ccccc2-3)c2ccccc2-5)cc1. The Morgan fingerprint density at radius 1 is 0.308 bits per heavy atom. The van der Waals surface area contributed by atoms with Crippen LogP contribution in [0.2, 0.25) is 0 Å². The van der Waals surface area contributed by atoms with E-state index >= 15 is 0 Å². The third kappa shape index (κ3) is 4.21. The number of nitrogens with zero attached hydrogens (tertiary/aromatic N) is 3. The van der Waals surface area contributed by atoms with Crippen molar-refractivity contribution in [2.75, 3.05) is 9.80 Å². The molecule has 1 aromatic heterocycles. The number of aromatic nitrogens is 1. The van der Waals surface area contributed by atoms with Crippen molar-refractivity contribution in [2.45, 2.75) is 0 Å². The molecule has 2 aliphatic rings. The van der Waals surface area contributed by atoms with Crippen molar-refractivity contribution in [3.8, 4) is 22.3 Å². The number of para-hydroxylation sites is 4. The predicted molar refractivity (Wildman–Crippen MR) is 220 cm³/mol. The standard InChI is InChI=1S/C48H32BN3/c1-5-17-33(18-6-1)50(34-19-7-2-8-20-34)37-29-41-39-25-13-15-27-45(39)49-46-28-16-14-26-40(46)42-30-38(32-44-43(31-37)47(41)52(49)48(42)44)51(35-21-9-3-10-22-35)36-23-11-4-12-24-36/h1-32H. The molecule has 2 aliphatic heterocycles. The second-order valence-corrected chi connectivity index (χ2v) is 13.7. The molecule has 0 aliphatic carbocycles. The maximum Gasteiger partial charge on any atom is 0.329 e. The smallest absolute Gasteiger partial charge is 0.329 e. The Kier molecular flexibility index (Phi) is 6.35. The van der Waals surface area contributed by atoms with Crippen LogP contribution in [0.15, 0.2) is 194 Å². The number of rotatable bonds is 6. The van der Waals surface area contributed by atoms with Gasteiger partial charge >= 0.3 is 6.85 Å². The zero-order valence-electron chi connectivity index (χ0n) is 28.4. The van der Waals surface area contributed by atoms with Crippen LogP contribution in [0.25, 0.3) is 44.1 Å². The highest BCUT2D eigenvalue weighted by Crippen LogP contribution is 2.50. The zero-order chi connectivity index (χ0) is 34.2. The quantitative estimate of drug-likeness (QED) is 0.164. The second-order valence-electron chi connectivity index (χ2n) is 13.7. The molecular weight excluding hydrogens is 629 g/mol. The highest BCUT2D eigenvalue weighted by Gasteiger charge is 2.40. The molecule has 0 unspecified atom stereocenters. The van der Waals surface area contributed by atoms with Crippen LogP contribution < -0.4 is 20.7 Å². The van der Waals surface area contributed by atoms with Crippen LogP contribution in [0.5, 0.6) is 0 Å². The molecule has 0 saturated carbocycles. The Bertz CT molecular complexity index is 2520. The molecule has 0 amide bonds. The fourth-order valence-corrected chi connectivity index (χ4v) is 8.82. The van der Waals surface area contributed by atoms with E-state index < -0.39 is 0 Å². The first-order valence-electron chi connectivity index (χ1n) is 18.0. The molecule has 9 aromatic rings. The molecule has 242 valence electrons. The molecule has 0 bridgehead atoms. The van der Waals surface area contributed by atoms with E-state index in [9.17, 15) is 0 Å². The lowest BCUT2D eigenvalue weighted by atomic mass is 9.45. The minimum Gasteiger partial charge on any atom is -0.375 e. The van der Waals surface area contributed by atoms with Gasteiger partial charge in [-0.1, -0.05) is 121 Å². The lowest BCUT2D eigenvalue weighted by Gasteiger charge is -2.34. The Balaban J connectivity index is 1.29. The van der Waals surface area contributed by atoms with Gasteiger partial charge in [0.05, 0.1) is 0 Å². The average molecular weight is 662 g/mol. The molecule has 3 heterocycles. The molecule has 0 atom stereocenters. The van der Waals surface area contributed by atoms with Crippen LogP contribution in [0, 0.1) is 0 Å². The molecule has 3 nitrogen and oxygen atoms in total. The van der Waals surface area contributed by atoms with Crippen molar-refractivity contribution in [1.29, 1.82) is 0 Å². The maximum atomic E-state index is 2.65. The summed E-state index contributed by atoms with van der Waals surface area (Å²) < 4.78 is 2.65. The average Bonchev–Trinajstić information content (AvgIpc) is 3.54. The maximum absolute atomic E-state index is 2.65. The Labute approximate surface area is 303 Å². The number of hydrogen-bond donors (Lipinski definition) is 0. The first kappa shape index (κ1) is 29.0. The minimum atomic E-state index is 0.0859.